The molecular weight excluding hydrogens is 374 g/mol. The molecule has 2 aromatic heterocycles. The standard InChI is InChI=1S/C21H25N3OS2/c1-25-13-7-12-22-19-18-16-10-5-6-11-17(16)27-20(18)24-21(23-19)26-14-15-8-3-2-4-9-15/h2-4,8-9H,5-7,10-14H2,1H3,(H,22,23,24). The van der Waals surface area contributed by atoms with Gasteiger partial charge in [-0.15, -0.1) is 11.3 Å². The number of nitrogens with zero attached hydrogens (tertiary/aromatic N) is 2. The molecule has 2 heterocycles. The number of benzene rings is 1. The predicted octanol–water partition coefficient (Wildman–Crippen LogP) is 5.31. The van der Waals surface area contributed by atoms with Crippen LogP contribution in [0.15, 0.2) is 35.5 Å². The number of aryl methyl sites for hydroxylation is 2. The van der Waals surface area contributed by atoms with E-state index in [4.69, 9.17) is 14.7 Å². The van der Waals surface area contributed by atoms with Crippen molar-refractivity contribution in [3.05, 3.63) is 46.3 Å². The lowest BCUT2D eigenvalue weighted by molar-refractivity contribution is 0.198. The van der Waals surface area contributed by atoms with E-state index in [0.29, 0.717) is 0 Å². The molecule has 0 saturated carbocycles. The molecule has 0 aliphatic heterocycles. The molecule has 1 aliphatic rings. The van der Waals surface area contributed by atoms with Crippen molar-refractivity contribution in [3.8, 4) is 0 Å². The van der Waals surface area contributed by atoms with E-state index in [1.165, 1.54) is 40.7 Å². The number of hydrogen-bond acceptors (Lipinski definition) is 6. The average Bonchev–Trinajstić information content (AvgIpc) is 3.09. The van der Waals surface area contributed by atoms with E-state index in [1.54, 1.807) is 18.9 Å². The van der Waals surface area contributed by atoms with Crippen LogP contribution in [0.1, 0.15) is 35.3 Å². The number of ether oxygens (including phenoxy) is 1. The number of aromatic nitrogens is 2. The van der Waals surface area contributed by atoms with Gasteiger partial charge < -0.3 is 10.1 Å². The second kappa shape index (κ2) is 9.04. The molecule has 0 amide bonds. The van der Waals surface area contributed by atoms with Crippen LogP contribution in [0.4, 0.5) is 5.82 Å². The molecule has 6 heteroatoms. The normalized spacial score (nSPS) is 13.7. The molecule has 0 fully saturated rings. The van der Waals surface area contributed by atoms with Crippen molar-refractivity contribution >= 4 is 39.1 Å². The number of rotatable bonds is 8. The minimum atomic E-state index is 0.762. The average molecular weight is 400 g/mol. The maximum atomic E-state index is 5.18. The first-order valence-electron chi connectivity index (χ1n) is 9.57. The van der Waals surface area contributed by atoms with Crippen LogP contribution in [0.5, 0.6) is 0 Å². The smallest absolute Gasteiger partial charge is 0.191 e. The minimum Gasteiger partial charge on any atom is -0.385 e. The molecule has 1 aromatic carbocycles. The van der Waals surface area contributed by atoms with E-state index in [-0.39, 0.29) is 0 Å². The van der Waals surface area contributed by atoms with Crippen molar-refractivity contribution < 1.29 is 4.74 Å². The summed E-state index contributed by atoms with van der Waals surface area (Å²) in [7, 11) is 1.75. The third kappa shape index (κ3) is 4.45. The quantitative estimate of drug-likeness (QED) is 0.316. The summed E-state index contributed by atoms with van der Waals surface area (Å²) in [5.74, 6) is 1.90. The summed E-state index contributed by atoms with van der Waals surface area (Å²) in [4.78, 5) is 12.5. The molecule has 0 atom stereocenters. The highest BCUT2D eigenvalue weighted by Crippen LogP contribution is 2.39. The molecule has 3 aromatic rings. The lowest BCUT2D eigenvalue weighted by Gasteiger charge is -2.13. The van der Waals surface area contributed by atoms with Gasteiger partial charge in [0.2, 0.25) is 0 Å². The fraction of sp³-hybridized carbons (Fsp3) is 0.429. The van der Waals surface area contributed by atoms with Crippen LogP contribution in [0.2, 0.25) is 0 Å². The summed E-state index contributed by atoms with van der Waals surface area (Å²) in [5.41, 5.74) is 2.78. The molecule has 0 bridgehead atoms. The van der Waals surface area contributed by atoms with Gasteiger partial charge in [0.05, 0.1) is 5.39 Å². The van der Waals surface area contributed by atoms with E-state index < -0.39 is 0 Å². The number of hydrogen-bond donors (Lipinski definition) is 1. The van der Waals surface area contributed by atoms with E-state index in [1.807, 2.05) is 11.3 Å². The molecule has 0 saturated heterocycles. The fourth-order valence-electron chi connectivity index (χ4n) is 3.48. The Morgan fingerprint density at radius 3 is 2.85 bits per heavy atom. The maximum Gasteiger partial charge on any atom is 0.191 e. The first-order valence-corrected chi connectivity index (χ1v) is 11.4. The number of thioether (sulfide) groups is 1. The summed E-state index contributed by atoms with van der Waals surface area (Å²) < 4.78 is 5.18. The summed E-state index contributed by atoms with van der Waals surface area (Å²) in [6.45, 7) is 1.63. The van der Waals surface area contributed by atoms with E-state index >= 15 is 0 Å². The Labute approximate surface area is 168 Å². The monoisotopic (exact) mass is 399 g/mol. The Kier molecular flexibility index (Phi) is 6.27. The van der Waals surface area contributed by atoms with Crippen LogP contribution in [0.25, 0.3) is 10.2 Å². The second-order valence-electron chi connectivity index (χ2n) is 6.79. The van der Waals surface area contributed by atoms with Crippen molar-refractivity contribution in [1.82, 2.24) is 9.97 Å². The Bertz CT molecular complexity index is 895. The molecule has 27 heavy (non-hydrogen) atoms. The van der Waals surface area contributed by atoms with Crippen LogP contribution >= 0.6 is 23.1 Å². The lowest BCUT2D eigenvalue weighted by atomic mass is 9.97. The van der Waals surface area contributed by atoms with Gasteiger partial charge in [-0.1, -0.05) is 42.1 Å². The van der Waals surface area contributed by atoms with Crippen LogP contribution in [0, 0.1) is 0 Å². The third-order valence-electron chi connectivity index (χ3n) is 4.82. The number of thiophene rings is 1. The molecule has 0 radical (unpaired) electrons. The van der Waals surface area contributed by atoms with Crippen LogP contribution < -0.4 is 5.32 Å². The Hall–Kier alpha value is -1.63. The zero-order valence-electron chi connectivity index (χ0n) is 15.7. The third-order valence-corrected chi connectivity index (χ3v) is 6.93. The second-order valence-corrected chi connectivity index (χ2v) is 8.82. The minimum absolute atomic E-state index is 0.762. The number of methoxy groups -OCH3 is 1. The van der Waals surface area contributed by atoms with Crippen molar-refractivity contribution in [2.75, 3.05) is 25.6 Å². The van der Waals surface area contributed by atoms with Crippen LogP contribution in [-0.4, -0.2) is 30.2 Å². The van der Waals surface area contributed by atoms with Crippen molar-refractivity contribution in [3.63, 3.8) is 0 Å². The summed E-state index contributed by atoms with van der Waals surface area (Å²) in [6, 6.07) is 10.5. The molecule has 1 N–H and O–H groups in total. The Morgan fingerprint density at radius 2 is 2.00 bits per heavy atom. The Balaban J connectivity index is 1.61. The van der Waals surface area contributed by atoms with Gasteiger partial charge in [-0.3, -0.25) is 0 Å². The number of fused-ring (bicyclic) bond motifs is 3. The van der Waals surface area contributed by atoms with Gasteiger partial charge in [0, 0.05) is 30.9 Å². The maximum absolute atomic E-state index is 5.18. The largest absolute Gasteiger partial charge is 0.385 e. The summed E-state index contributed by atoms with van der Waals surface area (Å²) >= 11 is 3.58. The van der Waals surface area contributed by atoms with E-state index in [0.717, 1.165) is 47.6 Å². The molecule has 142 valence electrons. The SMILES string of the molecule is COCCCNc1nc(SCc2ccccc2)nc2sc3c(c12)CCCC3. The van der Waals surface area contributed by atoms with Gasteiger partial charge in [-0.25, -0.2) is 9.97 Å². The summed E-state index contributed by atoms with van der Waals surface area (Å²) in [5, 5.41) is 5.68. The predicted molar refractivity (Wildman–Crippen MR) is 115 cm³/mol. The molecule has 4 rings (SSSR count). The van der Waals surface area contributed by atoms with Gasteiger partial charge in [-0.05, 0) is 43.2 Å². The highest BCUT2D eigenvalue weighted by atomic mass is 32.2. The first-order chi connectivity index (χ1) is 13.3. The molecular formula is C21H25N3OS2. The van der Waals surface area contributed by atoms with Crippen LogP contribution in [-0.2, 0) is 23.3 Å². The highest BCUT2D eigenvalue weighted by Gasteiger charge is 2.21. The van der Waals surface area contributed by atoms with Gasteiger partial charge in [0.1, 0.15) is 10.6 Å². The highest BCUT2D eigenvalue weighted by molar-refractivity contribution is 7.98. The summed E-state index contributed by atoms with van der Waals surface area (Å²) in [6.07, 6.45) is 5.88. The lowest BCUT2D eigenvalue weighted by Crippen LogP contribution is -2.08. The number of nitrogens with one attached hydrogen (secondary N) is 1. The molecule has 1 aliphatic carbocycles. The molecule has 0 spiro atoms. The van der Waals surface area contributed by atoms with E-state index in [9.17, 15) is 0 Å². The number of anilines is 1. The zero-order chi connectivity index (χ0) is 18.5. The van der Waals surface area contributed by atoms with Crippen molar-refractivity contribution in [2.24, 2.45) is 0 Å². The Morgan fingerprint density at radius 1 is 1.15 bits per heavy atom. The zero-order valence-corrected chi connectivity index (χ0v) is 17.3. The molecule has 4 nitrogen and oxygen atoms in total. The van der Waals surface area contributed by atoms with E-state index in [2.05, 4.69) is 35.6 Å². The topological polar surface area (TPSA) is 47.0 Å². The van der Waals surface area contributed by atoms with Crippen molar-refractivity contribution in [2.45, 2.75) is 43.0 Å². The fourth-order valence-corrected chi connectivity index (χ4v) is 5.59. The van der Waals surface area contributed by atoms with Gasteiger partial charge >= 0.3 is 0 Å². The first kappa shape index (κ1) is 18.7. The molecule has 0 unspecified atom stereocenters. The van der Waals surface area contributed by atoms with Gasteiger partial charge in [0.15, 0.2) is 5.16 Å². The van der Waals surface area contributed by atoms with Crippen LogP contribution in [0.3, 0.4) is 0 Å². The van der Waals surface area contributed by atoms with Gasteiger partial charge in [-0.2, -0.15) is 0 Å². The van der Waals surface area contributed by atoms with Crippen molar-refractivity contribution in [1.29, 1.82) is 0 Å². The van der Waals surface area contributed by atoms with Gasteiger partial charge in [0.25, 0.3) is 0 Å².